The van der Waals surface area contributed by atoms with Crippen molar-refractivity contribution in [3.8, 4) is 0 Å². The lowest BCUT2D eigenvalue weighted by atomic mass is 10.1. The van der Waals surface area contributed by atoms with Crippen LogP contribution < -0.4 is 11.1 Å². The van der Waals surface area contributed by atoms with E-state index in [-0.39, 0.29) is 18.6 Å². The van der Waals surface area contributed by atoms with E-state index in [2.05, 4.69) is 19.2 Å². The Kier molecular flexibility index (Phi) is 12.3. The highest BCUT2D eigenvalue weighted by Gasteiger charge is 2.21. The molecule has 0 aromatic rings. The van der Waals surface area contributed by atoms with Crippen molar-refractivity contribution < 1.29 is 5.11 Å². The quantitative estimate of drug-likeness (QED) is 0.602. The summed E-state index contributed by atoms with van der Waals surface area (Å²) in [7, 11) is 0. The van der Waals surface area contributed by atoms with Crippen LogP contribution in [0.1, 0.15) is 58.8 Å². The Morgan fingerprint density at radius 3 is 1.82 bits per heavy atom. The molecule has 1 fully saturated rings. The predicted molar refractivity (Wildman–Crippen MR) is 75.1 cm³/mol. The van der Waals surface area contributed by atoms with Crippen LogP contribution in [0.2, 0.25) is 0 Å². The van der Waals surface area contributed by atoms with Gasteiger partial charge in [0.05, 0.1) is 0 Å². The smallest absolute Gasteiger partial charge is 0.0486 e. The number of nitrogens with one attached hydrogen (secondary N) is 1. The highest BCUT2D eigenvalue weighted by atomic mass is 16.3. The average molecular weight is 244 g/mol. The Labute approximate surface area is 107 Å². The zero-order valence-electron chi connectivity index (χ0n) is 11.8. The summed E-state index contributed by atoms with van der Waals surface area (Å²) in [5, 5.41) is 11.7. The maximum Gasteiger partial charge on any atom is 0.0486 e. The Morgan fingerprint density at radius 2 is 1.53 bits per heavy atom. The molecule has 3 nitrogen and oxygen atoms in total. The fourth-order valence-corrected chi connectivity index (χ4v) is 1.98. The summed E-state index contributed by atoms with van der Waals surface area (Å²) in [6.07, 6.45) is 9.97. The van der Waals surface area contributed by atoms with Crippen molar-refractivity contribution >= 4 is 0 Å². The second-order valence-corrected chi connectivity index (χ2v) is 5.03. The molecule has 17 heavy (non-hydrogen) atoms. The second-order valence-electron chi connectivity index (χ2n) is 5.03. The van der Waals surface area contributed by atoms with E-state index in [0.717, 1.165) is 13.1 Å². The largest absolute Gasteiger partial charge is 0.396 e. The topological polar surface area (TPSA) is 58.3 Å². The maximum absolute atomic E-state index is 8.62. The summed E-state index contributed by atoms with van der Waals surface area (Å²) in [4.78, 5) is 0. The SMILES string of the molecule is CCCCCCCCC.NC1CNCC1CO. The molecule has 0 bridgehead atoms. The molecule has 0 aliphatic carbocycles. The van der Waals surface area contributed by atoms with Gasteiger partial charge in [0.1, 0.15) is 0 Å². The minimum atomic E-state index is 0.167. The van der Waals surface area contributed by atoms with Gasteiger partial charge in [-0.15, -0.1) is 0 Å². The summed E-state index contributed by atoms with van der Waals surface area (Å²) in [5.41, 5.74) is 5.57. The first kappa shape index (κ1) is 16.9. The molecule has 1 saturated heterocycles. The number of rotatable bonds is 7. The third-order valence-corrected chi connectivity index (χ3v) is 3.33. The van der Waals surface area contributed by atoms with Crippen LogP contribution >= 0.6 is 0 Å². The van der Waals surface area contributed by atoms with E-state index < -0.39 is 0 Å². The van der Waals surface area contributed by atoms with E-state index >= 15 is 0 Å². The molecule has 1 aliphatic heterocycles. The van der Waals surface area contributed by atoms with E-state index in [1.165, 1.54) is 44.9 Å². The molecule has 4 N–H and O–H groups in total. The minimum Gasteiger partial charge on any atom is -0.396 e. The molecule has 2 atom stereocenters. The fraction of sp³-hybridized carbons (Fsp3) is 1.00. The molecular formula is C14H32N2O. The van der Waals surface area contributed by atoms with Gasteiger partial charge in [-0.25, -0.2) is 0 Å². The third kappa shape index (κ3) is 9.57. The van der Waals surface area contributed by atoms with Crippen molar-refractivity contribution in [3.63, 3.8) is 0 Å². The van der Waals surface area contributed by atoms with Gasteiger partial charge in [0.2, 0.25) is 0 Å². The average Bonchev–Trinajstić information content (AvgIpc) is 2.75. The highest BCUT2D eigenvalue weighted by Crippen LogP contribution is 2.05. The molecule has 0 aromatic heterocycles. The van der Waals surface area contributed by atoms with E-state index in [9.17, 15) is 0 Å². The molecular weight excluding hydrogens is 212 g/mol. The summed E-state index contributed by atoms with van der Waals surface area (Å²) in [6, 6.07) is 0.167. The Bertz CT molecular complexity index is 147. The Morgan fingerprint density at radius 1 is 1.00 bits per heavy atom. The van der Waals surface area contributed by atoms with Gasteiger partial charge in [-0.1, -0.05) is 58.8 Å². The number of hydrogen-bond acceptors (Lipinski definition) is 3. The van der Waals surface area contributed by atoms with Crippen LogP contribution in [0.4, 0.5) is 0 Å². The normalized spacial score (nSPS) is 23.3. The van der Waals surface area contributed by atoms with E-state index in [1.54, 1.807) is 0 Å². The molecule has 104 valence electrons. The number of aliphatic hydroxyl groups excluding tert-OH is 1. The summed E-state index contributed by atoms with van der Waals surface area (Å²) >= 11 is 0. The fourth-order valence-electron chi connectivity index (χ4n) is 1.98. The van der Waals surface area contributed by atoms with Crippen LogP contribution in [0.15, 0.2) is 0 Å². The first-order chi connectivity index (χ1) is 8.26. The number of nitrogens with two attached hydrogens (primary N) is 1. The van der Waals surface area contributed by atoms with Gasteiger partial charge in [0, 0.05) is 31.7 Å². The molecule has 0 aromatic carbocycles. The summed E-state index contributed by atoms with van der Waals surface area (Å²) < 4.78 is 0. The minimum absolute atomic E-state index is 0.167. The molecule has 3 heteroatoms. The van der Waals surface area contributed by atoms with Gasteiger partial charge < -0.3 is 16.2 Å². The van der Waals surface area contributed by atoms with Gasteiger partial charge in [-0.05, 0) is 0 Å². The van der Waals surface area contributed by atoms with Crippen molar-refractivity contribution in [1.29, 1.82) is 0 Å². The Hall–Kier alpha value is -0.120. The van der Waals surface area contributed by atoms with Crippen molar-refractivity contribution in [2.45, 2.75) is 64.8 Å². The van der Waals surface area contributed by atoms with Gasteiger partial charge in [0.25, 0.3) is 0 Å². The monoisotopic (exact) mass is 244 g/mol. The Balaban J connectivity index is 0.000000302. The van der Waals surface area contributed by atoms with Gasteiger partial charge in [0.15, 0.2) is 0 Å². The molecule has 0 spiro atoms. The third-order valence-electron chi connectivity index (χ3n) is 3.33. The lowest BCUT2D eigenvalue weighted by molar-refractivity contribution is 0.227. The van der Waals surface area contributed by atoms with E-state index in [0.29, 0.717) is 0 Å². The van der Waals surface area contributed by atoms with Crippen LogP contribution in [0.5, 0.6) is 0 Å². The number of aliphatic hydroxyl groups is 1. The van der Waals surface area contributed by atoms with Crippen LogP contribution in [0.25, 0.3) is 0 Å². The standard InChI is InChI=1S/C9H20.C5H12N2O/c1-3-5-7-9-8-6-4-2;6-5-2-7-1-4(5)3-8/h3-9H2,1-2H3;4-5,7-8H,1-3,6H2. The van der Waals surface area contributed by atoms with E-state index in [1.807, 2.05) is 0 Å². The molecule has 0 saturated carbocycles. The van der Waals surface area contributed by atoms with Gasteiger partial charge in [-0.2, -0.15) is 0 Å². The van der Waals surface area contributed by atoms with Crippen molar-refractivity contribution in [3.05, 3.63) is 0 Å². The van der Waals surface area contributed by atoms with Crippen LogP contribution in [0, 0.1) is 5.92 Å². The molecule has 0 amide bonds. The zero-order chi connectivity index (χ0) is 12.9. The maximum atomic E-state index is 8.62. The lowest BCUT2D eigenvalue weighted by Crippen LogP contribution is -2.30. The van der Waals surface area contributed by atoms with Gasteiger partial charge in [-0.3, -0.25) is 0 Å². The van der Waals surface area contributed by atoms with Crippen molar-refractivity contribution in [1.82, 2.24) is 5.32 Å². The van der Waals surface area contributed by atoms with Crippen LogP contribution in [-0.2, 0) is 0 Å². The summed E-state index contributed by atoms with van der Waals surface area (Å²) in [6.45, 7) is 6.47. The van der Waals surface area contributed by atoms with Gasteiger partial charge >= 0.3 is 0 Å². The van der Waals surface area contributed by atoms with Crippen LogP contribution in [0.3, 0.4) is 0 Å². The molecule has 0 radical (unpaired) electrons. The second kappa shape index (κ2) is 12.3. The zero-order valence-corrected chi connectivity index (χ0v) is 11.8. The molecule has 1 heterocycles. The molecule has 2 unspecified atom stereocenters. The van der Waals surface area contributed by atoms with Crippen molar-refractivity contribution in [2.24, 2.45) is 11.7 Å². The first-order valence-electron chi connectivity index (χ1n) is 7.33. The van der Waals surface area contributed by atoms with Crippen LogP contribution in [-0.4, -0.2) is 30.8 Å². The highest BCUT2D eigenvalue weighted by molar-refractivity contribution is 4.82. The predicted octanol–water partition coefficient (Wildman–Crippen LogP) is 2.28. The molecule has 1 rings (SSSR count). The summed E-state index contributed by atoms with van der Waals surface area (Å²) in [5.74, 6) is 0.287. The van der Waals surface area contributed by atoms with E-state index in [4.69, 9.17) is 10.8 Å². The number of hydrogen-bond donors (Lipinski definition) is 3. The molecule has 1 aliphatic rings. The van der Waals surface area contributed by atoms with Crippen molar-refractivity contribution in [2.75, 3.05) is 19.7 Å². The number of unbranched alkanes of at least 4 members (excludes halogenated alkanes) is 6. The lowest BCUT2D eigenvalue weighted by Gasteiger charge is -2.08. The first-order valence-corrected chi connectivity index (χ1v) is 7.33.